The average molecular weight is 362 g/mol. The maximum atomic E-state index is 12.4. The fraction of sp³-hybridized carbons (Fsp3) is 0.211. The Hall–Kier alpha value is -2.04. The van der Waals surface area contributed by atoms with Gasteiger partial charge in [-0.15, -0.1) is 0 Å². The van der Waals surface area contributed by atoms with Gasteiger partial charge in [-0.05, 0) is 0 Å². The zero-order chi connectivity index (χ0) is 18.0. The van der Waals surface area contributed by atoms with Crippen LogP contribution < -0.4 is 0 Å². The molecular formula is C19H22O4Ti. The molecule has 126 valence electrons. The van der Waals surface area contributed by atoms with E-state index in [1.54, 1.807) is 13.8 Å². The SMILES string of the molecule is C=C(C)C(=O)[O][Ti](=[CH2])([O]C(=O)C(=C)C)([C]1=CC=CC1)[C]1=CC=CC1. The Bertz CT molecular complexity index is 750. The van der Waals surface area contributed by atoms with E-state index in [0.29, 0.717) is 12.8 Å². The van der Waals surface area contributed by atoms with E-state index in [2.05, 4.69) is 18.0 Å². The number of allylic oxidation sites excluding steroid dienone is 8. The third kappa shape index (κ3) is 3.12. The van der Waals surface area contributed by atoms with E-state index in [1.807, 2.05) is 36.5 Å². The molecule has 0 atom stereocenters. The molecule has 0 unspecified atom stereocenters. The summed E-state index contributed by atoms with van der Waals surface area (Å²) in [7, 11) is 0. The summed E-state index contributed by atoms with van der Waals surface area (Å²) < 4.78 is 13.3. The second kappa shape index (κ2) is 6.46. The zero-order valence-corrected chi connectivity index (χ0v) is 15.7. The molecule has 0 bridgehead atoms. The monoisotopic (exact) mass is 362 g/mol. The molecule has 5 heteroatoms. The van der Waals surface area contributed by atoms with Crippen LogP contribution in [-0.4, -0.2) is 16.8 Å². The van der Waals surface area contributed by atoms with Crippen molar-refractivity contribution in [3.05, 3.63) is 68.5 Å². The van der Waals surface area contributed by atoms with E-state index in [4.69, 9.17) is 6.64 Å². The summed E-state index contributed by atoms with van der Waals surface area (Å²) in [5.74, 6) is -1.20. The summed E-state index contributed by atoms with van der Waals surface area (Å²) in [6.45, 7) is 10.4. The predicted molar refractivity (Wildman–Crippen MR) is 92.6 cm³/mol. The van der Waals surface area contributed by atoms with Crippen LogP contribution in [-0.2, 0) is 31.8 Å². The molecule has 0 saturated carbocycles. The second-order valence-electron chi connectivity index (χ2n) is 6.25. The average Bonchev–Trinajstić information content (AvgIpc) is 3.21. The van der Waals surface area contributed by atoms with E-state index in [9.17, 15) is 9.59 Å². The Morgan fingerprint density at radius 2 is 1.29 bits per heavy atom. The summed E-state index contributed by atoms with van der Waals surface area (Å²) in [4.78, 5) is 29.1. The molecule has 2 rings (SSSR count). The molecule has 0 aromatic rings. The molecule has 0 spiro atoms. The van der Waals surface area contributed by atoms with Crippen molar-refractivity contribution < 1.29 is 31.8 Å². The molecule has 0 heterocycles. The fourth-order valence-electron chi connectivity index (χ4n) is 2.70. The van der Waals surface area contributed by atoms with Gasteiger partial charge in [-0.2, -0.15) is 0 Å². The van der Waals surface area contributed by atoms with E-state index >= 15 is 0 Å². The van der Waals surface area contributed by atoms with Gasteiger partial charge in [0.05, 0.1) is 0 Å². The first kappa shape index (κ1) is 18.3. The van der Waals surface area contributed by atoms with Crippen molar-refractivity contribution in [1.29, 1.82) is 0 Å². The minimum atomic E-state index is -5.03. The van der Waals surface area contributed by atoms with Crippen molar-refractivity contribution in [3.8, 4) is 0 Å². The third-order valence-corrected chi connectivity index (χ3v) is 11.3. The van der Waals surface area contributed by atoms with Gasteiger partial charge in [0.2, 0.25) is 0 Å². The normalized spacial score (nSPS) is 16.5. The minimum absolute atomic E-state index is 0.235. The van der Waals surface area contributed by atoms with Gasteiger partial charge in [0.15, 0.2) is 0 Å². The first-order valence-corrected chi connectivity index (χ1v) is 11.7. The molecule has 2 aliphatic rings. The summed E-state index contributed by atoms with van der Waals surface area (Å²) in [6.07, 6.45) is 12.3. The van der Waals surface area contributed by atoms with Crippen LogP contribution in [0.15, 0.2) is 68.5 Å². The first-order chi connectivity index (χ1) is 11.2. The molecule has 0 radical (unpaired) electrons. The van der Waals surface area contributed by atoms with Gasteiger partial charge in [0.25, 0.3) is 0 Å². The van der Waals surface area contributed by atoms with Gasteiger partial charge < -0.3 is 0 Å². The third-order valence-electron chi connectivity index (χ3n) is 4.16. The van der Waals surface area contributed by atoms with Crippen molar-refractivity contribution in [2.75, 3.05) is 0 Å². The molecule has 2 aliphatic carbocycles. The molecule has 0 N–H and O–H groups in total. The van der Waals surface area contributed by atoms with Crippen molar-refractivity contribution in [1.82, 2.24) is 0 Å². The van der Waals surface area contributed by atoms with Crippen LogP contribution in [0.1, 0.15) is 26.7 Å². The van der Waals surface area contributed by atoms with Crippen LogP contribution in [0.2, 0.25) is 0 Å². The van der Waals surface area contributed by atoms with Crippen LogP contribution in [0.25, 0.3) is 0 Å². The Balaban J connectivity index is 2.65. The molecule has 0 aliphatic heterocycles. The topological polar surface area (TPSA) is 52.6 Å². The fourth-order valence-corrected chi connectivity index (χ4v) is 9.01. The zero-order valence-electron chi connectivity index (χ0n) is 14.1. The van der Waals surface area contributed by atoms with Gasteiger partial charge in [-0.1, -0.05) is 0 Å². The Labute approximate surface area is 143 Å². The number of hydrogen-bond donors (Lipinski definition) is 0. The van der Waals surface area contributed by atoms with E-state index in [1.165, 1.54) is 0 Å². The number of carbonyl (C=O) groups excluding carboxylic acids is 2. The Kier molecular flexibility index (Phi) is 4.93. The van der Waals surface area contributed by atoms with Crippen molar-refractivity contribution in [3.63, 3.8) is 0 Å². The quantitative estimate of drug-likeness (QED) is 0.532. The van der Waals surface area contributed by atoms with Gasteiger partial charge >= 0.3 is 144 Å². The van der Waals surface area contributed by atoms with E-state index in [-0.39, 0.29) is 11.1 Å². The molecule has 4 nitrogen and oxygen atoms in total. The van der Waals surface area contributed by atoms with Crippen LogP contribution in [0.5, 0.6) is 0 Å². The van der Waals surface area contributed by atoms with Gasteiger partial charge in [-0.3, -0.25) is 0 Å². The number of carbonyl (C=O) groups is 2. The van der Waals surface area contributed by atoms with Crippen molar-refractivity contribution in [2.24, 2.45) is 0 Å². The maximum absolute atomic E-state index is 12.4. The van der Waals surface area contributed by atoms with E-state index < -0.39 is 27.6 Å². The molecular weight excluding hydrogens is 340 g/mol. The standard InChI is InChI=1S/2C5H5.2C4H6O2.CH2.Ti/c2*1-2-4-5-3-1;2*1-3(2)4(5)6;;/h2*1-3H,4H2;2*1H2,2H3,(H,5,6);1H2;/q;;;;;+2/p-2. The molecule has 0 aromatic carbocycles. The van der Waals surface area contributed by atoms with Crippen LogP contribution in [0.4, 0.5) is 0 Å². The number of hydrogen-bond acceptors (Lipinski definition) is 4. The summed E-state index contributed by atoms with van der Waals surface area (Å²) in [5, 5.41) is 0. The summed E-state index contributed by atoms with van der Waals surface area (Å²) in [6, 6.07) is 0. The Morgan fingerprint density at radius 3 is 1.54 bits per heavy atom. The summed E-state index contributed by atoms with van der Waals surface area (Å²) in [5.41, 5.74) is 0.470. The molecule has 24 heavy (non-hydrogen) atoms. The van der Waals surface area contributed by atoms with Gasteiger partial charge in [-0.25, -0.2) is 0 Å². The second-order valence-corrected chi connectivity index (χ2v) is 12.8. The van der Waals surface area contributed by atoms with Gasteiger partial charge in [0, 0.05) is 0 Å². The predicted octanol–water partition coefficient (Wildman–Crippen LogP) is 3.86. The molecule has 0 aromatic heterocycles. The first-order valence-electron chi connectivity index (χ1n) is 7.72. The van der Waals surface area contributed by atoms with Crippen LogP contribution in [0, 0.1) is 0 Å². The molecule has 0 amide bonds. The van der Waals surface area contributed by atoms with Crippen LogP contribution >= 0.6 is 0 Å². The Morgan fingerprint density at radius 1 is 0.917 bits per heavy atom. The van der Waals surface area contributed by atoms with Crippen molar-refractivity contribution >= 4 is 16.8 Å². The van der Waals surface area contributed by atoms with E-state index in [0.717, 1.165) is 7.76 Å². The van der Waals surface area contributed by atoms with Crippen molar-refractivity contribution in [2.45, 2.75) is 26.7 Å². The molecule has 0 saturated heterocycles. The molecule has 0 fully saturated rings. The van der Waals surface area contributed by atoms with Gasteiger partial charge in [0.1, 0.15) is 0 Å². The summed E-state index contributed by atoms with van der Waals surface area (Å²) >= 11 is -5.03. The number of rotatable bonds is 6. The van der Waals surface area contributed by atoms with Crippen LogP contribution in [0.3, 0.4) is 0 Å².